The number of nitrogens with zero attached hydrogens (tertiary/aromatic N) is 2. The average Bonchev–Trinajstić information content (AvgIpc) is 2.74. The van der Waals surface area contributed by atoms with Crippen LogP contribution in [0.3, 0.4) is 0 Å². The Balaban J connectivity index is 2.50. The number of rotatable bonds is 5. The third kappa shape index (κ3) is 3.44. The van der Waals surface area contributed by atoms with E-state index in [0.29, 0.717) is 17.5 Å². The molecule has 0 fully saturated rings. The molecule has 0 unspecified atom stereocenters. The first-order valence-corrected chi connectivity index (χ1v) is 6.66. The second-order valence-corrected chi connectivity index (χ2v) is 4.79. The molecule has 0 aliphatic carbocycles. The molecule has 0 aliphatic rings. The van der Waals surface area contributed by atoms with Crippen LogP contribution in [0.2, 0.25) is 0 Å². The van der Waals surface area contributed by atoms with Crippen molar-refractivity contribution in [2.24, 2.45) is 0 Å². The Morgan fingerprint density at radius 3 is 2.68 bits per heavy atom. The van der Waals surface area contributed by atoms with Crippen LogP contribution in [0.25, 0.3) is 0 Å². The second kappa shape index (κ2) is 6.17. The lowest BCUT2D eigenvalue weighted by molar-refractivity contribution is -0.143. The third-order valence-electron chi connectivity index (χ3n) is 3.02. The number of H-pyrrole nitrogens is 1. The van der Waals surface area contributed by atoms with Crippen LogP contribution in [0.4, 0.5) is 13.2 Å². The molecule has 0 aliphatic heterocycles. The number of alkyl halides is 3. The zero-order chi connectivity index (χ0) is 16.3. The molecule has 2 heterocycles. The molecule has 0 radical (unpaired) electrons. The van der Waals surface area contributed by atoms with Gasteiger partial charge in [0, 0.05) is 23.7 Å². The molecule has 8 heteroatoms. The minimum absolute atomic E-state index is 0.162. The van der Waals surface area contributed by atoms with Crippen molar-refractivity contribution >= 4 is 5.78 Å². The molecule has 1 N–H and O–H groups in total. The maximum atomic E-state index is 12.5. The van der Waals surface area contributed by atoms with Gasteiger partial charge >= 0.3 is 6.18 Å². The highest BCUT2D eigenvalue weighted by Crippen LogP contribution is 2.18. The van der Waals surface area contributed by atoms with Crippen LogP contribution < -0.4 is 5.56 Å². The lowest BCUT2D eigenvalue weighted by Crippen LogP contribution is -2.28. The van der Waals surface area contributed by atoms with Gasteiger partial charge in [-0.05, 0) is 18.6 Å². The highest BCUT2D eigenvalue weighted by molar-refractivity contribution is 6.09. The predicted molar refractivity (Wildman–Crippen MR) is 72.8 cm³/mol. The van der Waals surface area contributed by atoms with Crippen LogP contribution in [0.1, 0.15) is 35.0 Å². The number of hydrogen-bond acceptors (Lipinski definition) is 3. The topological polar surface area (TPSA) is 67.8 Å². The summed E-state index contributed by atoms with van der Waals surface area (Å²) in [6.07, 6.45) is -0.922. The van der Waals surface area contributed by atoms with E-state index >= 15 is 0 Å². The largest absolute Gasteiger partial charge is 0.408 e. The number of hydrogen-bond donors (Lipinski definition) is 1. The van der Waals surface area contributed by atoms with E-state index in [4.69, 9.17) is 0 Å². The van der Waals surface area contributed by atoms with Gasteiger partial charge in [0.05, 0.1) is 0 Å². The first-order chi connectivity index (χ1) is 10.3. The molecular weight excluding hydrogens is 299 g/mol. The van der Waals surface area contributed by atoms with Crippen LogP contribution in [0.5, 0.6) is 0 Å². The van der Waals surface area contributed by atoms with Crippen molar-refractivity contribution in [3.63, 3.8) is 0 Å². The zero-order valence-electron chi connectivity index (χ0n) is 11.8. The van der Waals surface area contributed by atoms with E-state index in [-0.39, 0.29) is 16.8 Å². The maximum Gasteiger partial charge on any atom is 0.408 e. The lowest BCUT2D eigenvalue weighted by Gasteiger charge is -2.05. The molecule has 0 amide bonds. The molecule has 0 atom stereocenters. The minimum atomic E-state index is -4.55. The molecule has 2 aromatic rings. The highest BCUT2D eigenvalue weighted by atomic mass is 19.4. The summed E-state index contributed by atoms with van der Waals surface area (Å²) in [7, 11) is 0. The summed E-state index contributed by atoms with van der Waals surface area (Å²) in [6.45, 7) is 0.348. The molecule has 2 rings (SSSR count). The molecule has 0 spiro atoms. The van der Waals surface area contributed by atoms with E-state index in [2.05, 4.69) is 10.1 Å². The SMILES string of the molecule is CCCc1[nH]n(CC(F)(F)F)c(=O)c1C(=O)c1cccnc1. The quantitative estimate of drug-likeness (QED) is 0.861. The summed E-state index contributed by atoms with van der Waals surface area (Å²) in [5.41, 5.74) is -0.838. The molecule has 0 saturated heterocycles. The standard InChI is InChI=1S/C14H14F3N3O2/c1-2-4-10-11(12(21)9-5-3-6-18-7-9)13(22)20(19-10)8-14(15,16)17/h3,5-7,19H,2,4,8H2,1H3. The van der Waals surface area contributed by atoms with Gasteiger partial charge in [-0.2, -0.15) is 13.2 Å². The monoisotopic (exact) mass is 313 g/mol. The Labute approximate surface area is 123 Å². The Kier molecular flexibility index (Phi) is 4.48. The van der Waals surface area contributed by atoms with Gasteiger partial charge < -0.3 is 0 Å². The van der Waals surface area contributed by atoms with E-state index in [1.807, 2.05) is 0 Å². The van der Waals surface area contributed by atoms with Gasteiger partial charge in [0.25, 0.3) is 5.56 Å². The van der Waals surface area contributed by atoms with Crippen molar-refractivity contribution in [1.29, 1.82) is 0 Å². The number of aromatic nitrogens is 3. The fourth-order valence-corrected chi connectivity index (χ4v) is 2.13. The summed E-state index contributed by atoms with van der Waals surface area (Å²) in [5.74, 6) is -0.626. The first kappa shape index (κ1) is 16.0. The maximum absolute atomic E-state index is 12.5. The van der Waals surface area contributed by atoms with Gasteiger partial charge in [-0.25, -0.2) is 4.68 Å². The number of halogens is 3. The fourth-order valence-electron chi connectivity index (χ4n) is 2.13. The Morgan fingerprint density at radius 2 is 2.14 bits per heavy atom. The second-order valence-electron chi connectivity index (χ2n) is 4.79. The molecule has 5 nitrogen and oxygen atoms in total. The van der Waals surface area contributed by atoms with E-state index in [1.54, 1.807) is 6.92 Å². The Bertz CT molecular complexity index is 717. The number of pyridine rings is 1. The molecule has 2 aromatic heterocycles. The number of carbonyl (C=O) groups excluding carboxylic acids is 1. The molecule has 0 saturated carbocycles. The summed E-state index contributed by atoms with van der Waals surface area (Å²) >= 11 is 0. The van der Waals surface area contributed by atoms with Gasteiger partial charge in [-0.1, -0.05) is 13.3 Å². The summed E-state index contributed by atoms with van der Waals surface area (Å²) in [4.78, 5) is 28.3. The van der Waals surface area contributed by atoms with Crippen LogP contribution >= 0.6 is 0 Å². The fraction of sp³-hybridized carbons (Fsp3) is 0.357. The van der Waals surface area contributed by atoms with Crippen LogP contribution in [-0.2, 0) is 13.0 Å². The van der Waals surface area contributed by atoms with Crippen molar-refractivity contribution in [2.45, 2.75) is 32.5 Å². The number of aryl methyl sites for hydroxylation is 1. The number of aromatic amines is 1. The van der Waals surface area contributed by atoms with Crippen molar-refractivity contribution in [3.8, 4) is 0 Å². The van der Waals surface area contributed by atoms with Gasteiger partial charge in [0.2, 0.25) is 5.78 Å². The summed E-state index contributed by atoms with van der Waals surface area (Å²) < 4.78 is 37.9. The lowest BCUT2D eigenvalue weighted by atomic mass is 10.0. The summed E-state index contributed by atoms with van der Waals surface area (Å²) in [6, 6.07) is 2.99. The van der Waals surface area contributed by atoms with Crippen LogP contribution in [0.15, 0.2) is 29.3 Å². The molecule has 0 bridgehead atoms. The third-order valence-corrected chi connectivity index (χ3v) is 3.02. The normalized spacial score (nSPS) is 11.6. The predicted octanol–water partition coefficient (Wildman–Crippen LogP) is 2.32. The number of nitrogens with one attached hydrogen (secondary N) is 1. The van der Waals surface area contributed by atoms with Crippen molar-refractivity contribution in [2.75, 3.05) is 0 Å². The molecule has 118 valence electrons. The zero-order valence-corrected chi connectivity index (χ0v) is 11.8. The number of ketones is 1. The highest BCUT2D eigenvalue weighted by Gasteiger charge is 2.31. The molecular formula is C14H14F3N3O2. The minimum Gasteiger partial charge on any atom is -0.299 e. The average molecular weight is 313 g/mol. The van der Waals surface area contributed by atoms with Gasteiger partial charge in [0.15, 0.2) is 0 Å². The van der Waals surface area contributed by atoms with Gasteiger partial charge in [-0.3, -0.25) is 19.7 Å². The van der Waals surface area contributed by atoms with E-state index in [9.17, 15) is 22.8 Å². The van der Waals surface area contributed by atoms with E-state index < -0.39 is 24.1 Å². The molecule has 22 heavy (non-hydrogen) atoms. The van der Waals surface area contributed by atoms with Gasteiger partial charge in [0.1, 0.15) is 12.1 Å². The van der Waals surface area contributed by atoms with Crippen molar-refractivity contribution in [3.05, 3.63) is 51.7 Å². The smallest absolute Gasteiger partial charge is 0.299 e. The van der Waals surface area contributed by atoms with Crippen molar-refractivity contribution < 1.29 is 18.0 Å². The number of carbonyl (C=O) groups is 1. The van der Waals surface area contributed by atoms with E-state index in [1.165, 1.54) is 24.5 Å². The van der Waals surface area contributed by atoms with Crippen LogP contribution in [0, 0.1) is 0 Å². The Morgan fingerprint density at radius 1 is 1.41 bits per heavy atom. The first-order valence-electron chi connectivity index (χ1n) is 6.66. The Hall–Kier alpha value is -2.38. The summed E-state index contributed by atoms with van der Waals surface area (Å²) in [5, 5.41) is 2.40. The van der Waals surface area contributed by atoms with Gasteiger partial charge in [-0.15, -0.1) is 0 Å². The molecule has 0 aromatic carbocycles. The van der Waals surface area contributed by atoms with Crippen molar-refractivity contribution in [1.82, 2.24) is 14.8 Å². The van der Waals surface area contributed by atoms with Crippen LogP contribution in [-0.4, -0.2) is 26.7 Å². The van der Waals surface area contributed by atoms with E-state index in [0.717, 1.165) is 0 Å².